The second kappa shape index (κ2) is 9.83. The molecule has 22 heavy (non-hydrogen) atoms. The predicted octanol–water partition coefficient (Wildman–Crippen LogP) is 5.80. The maximum Gasteiger partial charge on any atom is 0.170 e. The van der Waals surface area contributed by atoms with E-state index in [0.717, 1.165) is 30.9 Å². The van der Waals surface area contributed by atoms with Gasteiger partial charge in [-0.15, -0.1) is 0 Å². The average molecular weight is 321 g/mol. The first-order chi connectivity index (χ1) is 10.5. The largest absolute Gasteiger partial charge is 0.362 e. The summed E-state index contributed by atoms with van der Waals surface area (Å²) in [6.45, 7) is 12.2. The molecule has 1 aromatic rings. The fraction of sp³-hybridized carbons (Fsp3) is 0.632. The summed E-state index contributed by atoms with van der Waals surface area (Å²) in [4.78, 5) is 0. The van der Waals surface area contributed by atoms with Crippen LogP contribution in [0, 0.1) is 0 Å². The highest BCUT2D eigenvalue weighted by Crippen LogP contribution is 2.34. The van der Waals surface area contributed by atoms with Crippen LogP contribution in [-0.4, -0.2) is 11.7 Å². The number of unbranched alkanes of at least 4 members (excludes halogenated alkanes) is 1. The van der Waals surface area contributed by atoms with Crippen LogP contribution in [0.25, 0.3) is 0 Å². The number of hydrogen-bond acceptors (Lipinski definition) is 1. The van der Waals surface area contributed by atoms with Crippen molar-refractivity contribution in [1.82, 2.24) is 5.32 Å². The monoisotopic (exact) mass is 320 g/mol. The fourth-order valence-corrected chi connectivity index (χ4v) is 2.73. The van der Waals surface area contributed by atoms with Crippen molar-refractivity contribution in [2.24, 2.45) is 0 Å². The molecule has 0 aliphatic carbocycles. The Labute approximate surface area is 142 Å². The molecule has 0 heterocycles. The highest BCUT2D eigenvalue weighted by atomic mass is 32.1. The summed E-state index contributed by atoms with van der Waals surface area (Å²) in [6, 6.07) is 6.65. The van der Waals surface area contributed by atoms with E-state index in [1.807, 2.05) is 0 Å². The molecule has 2 atom stereocenters. The van der Waals surface area contributed by atoms with E-state index < -0.39 is 0 Å². The van der Waals surface area contributed by atoms with Gasteiger partial charge in [0.2, 0.25) is 0 Å². The molecule has 0 fully saturated rings. The van der Waals surface area contributed by atoms with Crippen LogP contribution in [-0.2, 0) is 0 Å². The molecule has 0 saturated heterocycles. The van der Waals surface area contributed by atoms with Crippen LogP contribution in [0.2, 0.25) is 0 Å². The number of nitrogens with one attached hydrogen (secondary N) is 2. The van der Waals surface area contributed by atoms with E-state index in [-0.39, 0.29) is 0 Å². The Morgan fingerprint density at radius 2 is 1.59 bits per heavy atom. The summed E-state index contributed by atoms with van der Waals surface area (Å²) in [5.41, 5.74) is 3.97. The second-order valence-corrected chi connectivity index (χ2v) is 6.57. The summed E-state index contributed by atoms with van der Waals surface area (Å²) in [6.07, 6.45) is 4.59. The highest BCUT2D eigenvalue weighted by molar-refractivity contribution is 7.80. The van der Waals surface area contributed by atoms with Gasteiger partial charge in [-0.1, -0.05) is 59.2 Å². The maximum atomic E-state index is 5.49. The molecule has 0 aromatic heterocycles. The summed E-state index contributed by atoms with van der Waals surface area (Å²) >= 11 is 5.49. The van der Waals surface area contributed by atoms with Crippen molar-refractivity contribution >= 4 is 23.0 Å². The maximum absolute atomic E-state index is 5.49. The molecule has 2 unspecified atom stereocenters. The van der Waals surface area contributed by atoms with Crippen LogP contribution in [0.4, 0.5) is 5.69 Å². The van der Waals surface area contributed by atoms with Gasteiger partial charge in [0, 0.05) is 12.2 Å². The molecule has 0 aliphatic heterocycles. The molecule has 0 amide bonds. The van der Waals surface area contributed by atoms with Crippen LogP contribution >= 0.6 is 12.2 Å². The third-order valence-electron chi connectivity index (χ3n) is 4.47. The van der Waals surface area contributed by atoms with Crippen molar-refractivity contribution < 1.29 is 0 Å². The van der Waals surface area contributed by atoms with E-state index in [1.165, 1.54) is 23.2 Å². The van der Waals surface area contributed by atoms with Crippen molar-refractivity contribution in [2.45, 2.75) is 72.1 Å². The van der Waals surface area contributed by atoms with Crippen LogP contribution in [0.1, 0.15) is 83.3 Å². The van der Waals surface area contributed by atoms with Gasteiger partial charge >= 0.3 is 0 Å². The lowest BCUT2D eigenvalue weighted by Gasteiger charge is -2.23. The van der Waals surface area contributed by atoms with E-state index in [9.17, 15) is 0 Å². The molecular weight excluding hydrogens is 288 g/mol. The summed E-state index contributed by atoms with van der Waals surface area (Å²) in [5.74, 6) is 1.06. The molecule has 124 valence electrons. The zero-order valence-corrected chi connectivity index (χ0v) is 15.6. The van der Waals surface area contributed by atoms with E-state index in [1.54, 1.807) is 0 Å². The van der Waals surface area contributed by atoms with Crippen molar-refractivity contribution in [2.75, 3.05) is 11.9 Å². The molecule has 3 heteroatoms. The van der Waals surface area contributed by atoms with Crippen molar-refractivity contribution in [3.05, 3.63) is 29.3 Å². The van der Waals surface area contributed by atoms with E-state index in [4.69, 9.17) is 12.2 Å². The fourth-order valence-electron chi connectivity index (χ4n) is 2.53. The normalized spacial score (nSPS) is 13.5. The summed E-state index contributed by atoms with van der Waals surface area (Å²) in [5, 5.41) is 7.55. The molecule has 1 rings (SSSR count). The van der Waals surface area contributed by atoms with Gasteiger partial charge in [0.15, 0.2) is 5.11 Å². The van der Waals surface area contributed by atoms with E-state index >= 15 is 0 Å². The van der Waals surface area contributed by atoms with Gasteiger partial charge in [0.05, 0.1) is 0 Å². The lowest BCUT2D eigenvalue weighted by molar-refractivity contribution is 0.714. The van der Waals surface area contributed by atoms with Gasteiger partial charge in [-0.25, -0.2) is 0 Å². The average Bonchev–Trinajstić information content (AvgIpc) is 2.53. The molecule has 0 saturated carbocycles. The third kappa shape index (κ3) is 5.28. The number of anilines is 1. The van der Waals surface area contributed by atoms with Crippen molar-refractivity contribution in [3.63, 3.8) is 0 Å². The Bertz CT molecular complexity index is 442. The Morgan fingerprint density at radius 1 is 1.05 bits per heavy atom. The number of para-hydroxylation sites is 1. The number of thiocarbonyl (C=S) groups is 1. The van der Waals surface area contributed by atoms with Crippen LogP contribution < -0.4 is 10.6 Å². The van der Waals surface area contributed by atoms with Gasteiger partial charge in [-0.05, 0) is 54.4 Å². The first kappa shape index (κ1) is 19.0. The zero-order valence-electron chi connectivity index (χ0n) is 14.8. The number of rotatable bonds is 8. The summed E-state index contributed by atoms with van der Waals surface area (Å²) in [7, 11) is 0. The molecule has 0 aliphatic rings. The Kier molecular flexibility index (Phi) is 8.47. The molecule has 2 nitrogen and oxygen atoms in total. The Balaban J connectivity index is 3.03. The highest BCUT2D eigenvalue weighted by Gasteiger charge is 2.16. The van der Waals surface area contributed by atoms with Gasteiger partial charge in [0.25, 0.3) is 0 Å². The molecular formula is C19H32N2S. The van der Waals surface area contributed by atoms with Crippen molar-refractivity contribution in [1.29, 1.82) is 0 Å². The zero-order chi connectivity index (χ0) is 16.5. The van der Waals surface area contributed by atoms with Crippen LogP contribution in [0.5, 0.6) is 0 Å². The van der Waals surface area contributed by atoms with Gasteiger partial charge in [0.1, 0.15) is 0 Å². The molecule has 2 N–H and O–H groups in total. The smallest absolute Gasteiger partial charge is 0.170 e. The minimum Gasteiger partial charge on any atom is -0.362 e. The summed E-state index contributed by atoms with van der Waals surface area (Å²) < 4.78 is 0. The quantitative estimate of drug-likeness (QED) is 0.467. The second-order valence-electron chi connectivity index (χ2n) is 6.16. The minimum atomic E-state index is 0.532. The molecule has 0 radical (unpaired) electrons. The molecule has 0 bridgehead atoms. The molecule has 0 spiro atoms. The van der Waals surface area contributed by atoms with Gasteiger partial charge in [-0.3, -0.25) is 0 Å². The lowest BCUT2D eigenvalue weighted by atomic mass is 9.89. The van der Waals surface area contributed by atoms with Gasteiger partial charge < -0.3 is 10.6 Å². The Morgan fingerprint density at radius 3 is 2.05 bits per heavy atom. The van der Waals surface area contributed by atoms with Crippen LogP contribution in [0.15, 0.2) is 18.2 Å². The minimum absolute atomic E-state index is 0.532. The predicted molar refractivity (Wildman–Crippen MR) is 103 cm³/mol. The van der Waals surface area contributed by atoms with E-state index in [2.05, 4.69) is 63.5 Å². The van der Waals surface area contributed by atoms with Crippen LogP contribution in [0.3, 0.4) is 0 Å². The van der Waals surface area contributed by atoms with Crippen molar-refractivity contribution in [3.8, 4) is 0 Å². The first-order valence-electron chi connectivity index (χ1n) is 8.72. The first-order valence-corrected chi connectivity index (χ1v) is 9.13. The standard InChI is InChI=1S/C19H32N2S/c1-6-9-13-20-19(22)21-18-16(14(4)7-2)11-10-12-17(18)15(5)8-3/h10-12,14-15H,6-9,13H2,1-5H3,(H2,20,21,22). The molecule has 1 aromatic carbocycles. The lowest BCUT2D eigenvalue weighted by Crippen LogP contribution is -2.30. The third-order valence-corrected chi connectivity index (χ3v) is 4.72. The SMILES string of the molecule is CCCCNC(=S)Nc1c(C(C)CC)cccc1C(C)CC. The van der Waals surface area contributed by atoms with Gasteiger partial charge in [-0.2, -0.15) is 0 Å². The number of hydrogen-bond donors (Lipinski definition) is 2. The number of benzene rings is 1. The Hall–Kier alpha value is -1.09. The topological polar surface area (TPSA) is 24.1 Å². The van der Waals surface area contributed by atoms with E-state index in [0.29, 0.717) is 11.8 Å².